The second-order valence-electron chi connectivity index (χ2n) is 5.03. The Kier molecular flexibility index (Phi) is 5.54. The van der Waals surface area contributed by atoms with Crippen LogP contribution in [-0.4, -0.2) is 18.6 Å². The molecule has 2 rings (SSSR count). The third kappa shape index (κ3) is 3.50. The molecular formula is C15H24N2S. The molecule has 3 N–H and O–H groups in total. The molecule has 0 fully saturated rings. The van der Waals surface area contributed by atoms with Crippen LogP contribution in [0.15, 0.2) is 24.3 Å². The van der Waals surface area contributed by atoms with Gasteiger partial charge in [0.25, 0.3) is 0 Å². The molecule has 0 heterocycles. The van der Waals surface area contributed by atoms with Crippen LogP contribution in [0.25, 0.3) is 0 Å². The molecule has 1 aliphatic rings. The minimum atomic E-state index is 0.218. The quantitative estimate of drug-likeness (QED) is 0.742. The molecule has 2 nitrogen and oxygen atoms in total. The van der Waals surface area contributed by atoms with Crippen LogP contribution >= 0.6 is 11.8 Å². The third-order valence-electron chi connectivity index (χ3n) is 3.68. The van der Waals surface area contributed by atoms with E-state index in [1.54, 1.807) is 0 Å². The van der Waals surface area contributed by atoms with Crippen molar-refractivity contribution >= 4 is 11.8 Å². The number of fused-ring (bicyclic) bond motifs is 1. The molecule has 0 bridgehead atoms. The van der Waals surface area contributed by atoms with E-state index in [0.29, 0.717) is 6.04 Å². The van der Waals surface area contributed by atoms with E-state index in [1.165, 1.54) is 36.1 Å². The fourth-order valence-corrected chi connectivity index (χ4v) is 3.18. The summed E-state index contributed by atoms with van der Waals surface area (Å²) in [6, 6.07) is 9.27. The highest BCUT2D eigenvalue weighted by molar-refractivity contribution is 7.98. The number of hydrogen-bond donors (Lipinski definition) is 2. The van der Waals surface area contributed by atoms with Crippen molar-refractivity contribution in [1.29, 1.82) is 0 Å². The Balaban J connectivity index is 1.75. The lowest BCUT2D eigenvalue weighted by atomic mass is 10.1. The fraction of sp³-hybridized carbons (Fsp3) is 0.600. The van der Waals surface area contributed by atoms with E-state index in [1.807, 2.05) is 11.8 Å². The maximum Gasteiger partial charge on any atom is 0.0341 e. The van der Waals surface area contributed by atoms with Crippen LogP contribution in [0.2, 0.25) is 0 Å². The normalized spacial score (nSPS) is 22.1. The number of rotatable bonds is 7. The number of nitrogens with one attached hydrogen (secondary N) is 1. The Hall–Kier alpha value is -0.510. The van der Waals surface area contributed by atoms with Gasteiger partial charge in [-0.05, 0) is 48.9 Å². The van der Waals surface area contributed by atoms with Crippen LogP contribution in [-0.2, 0) is 0 Å². The molecule has 0 amide bonds. The zero-order valence-electron chi connectivity index (χ0n) is 11.2. The molecule has 0 saturated carbocycles. The second-order valence-corrected chi connectivity index (χ2v) is 6.02. The van der Waals surface area contributed by atoms with Gasteiger partial charge >= 0.3 is 0 Å². The molecule has 1 aliphatic carbocycles. The molecule has 2 unspecified atom stereocenters. The third-order valence-corrected chi connectivity index (χ3v) is 4.37. The summed E-state index contributed by atoms with van der Waals surface area (Å²) in [5, 5.41) is 3.66. The summed E-state index contributed by atoms with van der Waals surface area (Å²) in [6.07, 6.45) is 7.16. The Bertz CT molecular complexity index is 367. The molecule has 0 aliphatic heterocycles. The first kappa shape index (κ1) is 13.9. The molecule has 18 heavy (non-hydrogen) atoms. The van der Waals surface area contributed by atoms with Crippen LogP contribution in [0.1, 0.15) is 48.9 Å². The Morgan fingerprint density at radius 3 is 2.78 bits per heavy atom. The van der Waals surface area contributed by atoms with Gasteiger partial charge in [0.15, 0.2) is 0 Å². The second kappa shape index (κ2) is 7.17. The highest BCUT2D eigenvalue weighted by Crippen LogP contribution is 2.36. The van der Waals surface area contributed by atoms with Crippen LogP contribution in [0.4, 0.5) is 0 Å². The SMILES string of the molecule is CSCCCCCNC1CC(N)c2ccccc21. The highest BCUT2D eigenvalue weighted by atomic mass is 32.2. The van der Waals surface area contributed by atoms with Crippen LogP contribution in [0, 0.1) is 0 Å². The van der Waals surface area contributed by atoms with E-state index in [9.17, 15) is 0 Å². The summed E-state index contributed by atoms with van der Waals surface area (Å²) in [5.41, 5.74) is 8.91. The zero-order valence-corrected chi connectivity index (χ0v) is 12.0. The summed E-state index contributed by atoms with van der Waals surface area (Å²) in [6.45, 7) is 1.11. The van der Waals surface area contributed by atoms with Crippen molar-refractivity contribution in [3.63, 3.8) is 0 Å². The van der Waals surface area contributed by atoms with Crippen molar-refractivity contribution in [2.24, 2.45) is 5.73 Å². The lowest BCUT2D eigenvalue weighted by Crippen LogP contribution is -2.21. The van der Waals surface area contributed by atoms with E-state index in [-0.39, 0.29) is 6.04 Å². The Morgan fingerprint density at radius 1 is 1.22 bits per heavy atom. The van der Waals surface area contributed by atoms with Crippen LogP contribution < -0.4 is 11.1 Å². The lowest BCUT2D eigenvalue weighted by Gasteiger charge is -2.13. The standard InChI is InChI=1S/C15H24N2S/c1-18-10-6-2-5-9-17-15-11-14(16)12-7-3-4-8-13(12)15/h3-4,7-8,14-15,17H,2,5-6,9-11,16H2,1H3. The van der Waals surface area contributed by atoms with Crippen molar-refractivity contribution in [3.05, 3.63) is 35.4 Å². The minimum Gasteiger partial charge on any atom is -0.324 e. The van der Waals surface area contributed by atoms with Crippen molar-refractivity contribution in [2.75, 3.05) is 18.6 Å². The number of unbranched alkanes of at least 4 members (excludes halogenated alkanes) is 2. The van der Waals surface area contributed by atoms with Crippen molar-refractivity contribution in [1.82, 2.24) is 5.32 Å². The van der Waals surface area contributed by atoms with E-state index >= 15 is 0 Å². The molecule has 0 radical (unpaired) electrons. The van der Waals surface area contributed by atoms with E-state index < -0.39 is 0 Å². The van der Waals surface area contributed by atoms with Gasteiger partial charge in [-0.1, -0.05) is 30.7 Å². The number of nitrogens with two attached hydrogens (primary N) is 1. The first-order valence-corrected chi connectivity index (χ1v) is 8.29. The molecule has 1 aromatic carbocycles. The van der Waals surface area contributed by atoms with E-state index in [4.69, 9.17) is 5.73 Å². The topological polar surface area (TPSA) is 38.0 Å². The first-order chi connectivity index (χ1) is 8.83. The van der Waals surface area contributed by atoms with Gasteiger partial charge in [0.05, 0.1) is 0 Å². The average Bonchev–Trinajstić information content (AvgIpc) is 2.71. The molecule has 0 saturated heterocycles. The monoisotopic (exact) mass is 264 g/mol. The number of thioether (sulfide) groups is 1. The average molecular weight is 264 g/mol. The fourth-order valence-electron chi connectivity index (χ4n) is 2.69. The van der Waals surface area contributed by atoms with Gasteiger partial charge in [0.1, 0.15) is 0 Å². The summed E-state index contributed by atoms with van der Waals surface area (Å²) < 4.78 is 0. The number of benzene rings is 1. The van der Waals surface area contributed by atoms with Gasteiger partial charge in [0.2, 0.25) is 0 Å². The molecule has 2 atom stereocenters. The van der Waals surface area contributed by atoms with Crippen LogP contribution in [0.3, 0.4) is 0 Å². The Morgan fingerprint density at radius 2 is 2.00 bits per heavy atom. The van der Waals surface area contributed by atoms with E-state index in [0.717, 1.165) is 13.0 Å². The highest BCUT2D eigenvalue weighted by Gasteiger charge is 2.27. The van der Waals surface area contributed by atoms with Gasteiger partial charge in [-0.3, -0.25) is 0 Å². The lowest BCUT2D eigenvalue weighted by molar-refractivity contribution is 0.486. The van der Waals surface area contributed by atoms with Gasteiger partial charge in [-0.15, -0.1) is 0 Å². The van der Waals surface area contributed by atoms with Crippen molar-refractivity contribution in [2.45, 2.75) is 37.8 Å². The molecule has 0 spiro atoms. The Labute approximate surface area is 115 Å². The predicted octanol–water partition coefficient (Wildman–Crippen LogP) is 3.25. The summed E-state index contributed by atoms with van der Waals surface area (Å²) in [7, 11) is 0. The molecule has 1 aromatic rings. The summed E-state index contributed by atoms with van der Waals surface area (Å²) in [5.74, 6) is 1.29. The van der Waals surface area contributed by atoms with Crippen molar-refractivity contribution in [3.8, 4) is 0 Å². The smallest absolute Gasteiger partial charge is 0.0341 e. The minimum absolute atomic E-state index is 0.218. The summed E-state index contributed by atoms with van der Waals surface area (Å²) >= 11 is 1.94. The van der Waals surface area contributed by atoms with E-state index in [2.05, 4.69) is 35.8 Å². The van der Waals surface area contributed by atoms with Gasteiger partial charge in [-0.25, -0.2) is 0 Å². The largest absolute Gasteiger partial charge is 0.324 e. The van der Waals surface area contributed by atoms with Gasteiger partial charge < -0.3 is 11.1 Å². The molecule has 0 aromatic heterocycles. The molecule has 100 valence electrons. The van der Waals surface area contributed by atoms with Crippen LogP contribution in [0.5, 0.6) is 0 Å². The predicted molar refractivity (Wildman–Crippen MR) is 81.0 cm³/mol. The first-order valence-electron chi connectivity index (χ1n) is 6.89. The maximum absolute atomic E-state index is 6.16. The maximum atomic E-state index is 6.16. The van der Waals surface area contributed by atoms with Crippen molar-refractivity contribution < 1.29 is 0 Å². The number of hydrogen-bond acceptors (Lipinski definition) is 3. The van der Waals surface area contributed by atoms with Gasteiger partial charge in [0, 0.05) is 12.1 Å². The summed E-state index contributed by atoms with van der Waals surface area (Å²) in [4.78, 5) is 0. The zero-order chi connectivity index (χ0) is 12.8. The molecular weight excluding hydrogens is 240 g/mol. The molecule has 3 heteroatoms. The van der Waals surface area contributed by atoms with Gasteiger partial charge in [-0.2, -0.15) is 11.8 Å².